The van der Waals surface area contributed by atoms with Gasteiger partial charge in [0.05, 0.1) is 4.90 Å². The van der Waals surface area contributed by atoms with E-state index in [0.29, 0.717) is 11.4 Å². The van der Waals surface area contributed by atoms with Gasteiger partial charge >= 0.3 is 0 Å². The van der Waals surface area contributed by atoms with Crippen LogP contribution >= 0.6 is 12.4 Å². The SMILES string of the molecule is CCN[C@H](C)CNS(=O)(=O)c1c(C)c(C)c(C)c(C)c1C.Cl. The number of likely N-dealkylation sites (N-methyl/N-ethyl adjacent to an activating group) is 1. The second-order valence-corrected chi connectivity index (χ2v) is 7.47. The highest BCUT2D eigenvalue weighted by molar-refractivity contribution is 7.89. The third-order valence-electron chi connectivity index (χ3n) is 4.33. The summed E-state index contributed by atoms with van der Waals surface area (Å²) in [7, 11) is -3.49. The minimum absolute atomic E-state index is 0. The van der Waals surface area contributed by atoms with Crippen molar-refractivity contribution >= 4 is 22.4 Å². The summed E-state index contributed by atoms with van der Waals surface area (Å²) in [6.45, 7) is 15.0. The Bertz CT molecular complexity index is 599. The van der Waals surface area contributed by atoms with Crippen molar-refractivity contribution in [2.24, 2.45) is 0 Å². The maximum atomic E-state index is 12.7. The summed E-state index contributed by atoms with van der Waals surface area (Å²) in [5.41, 5.74) is 4.97. The van der Waals surface area contributed by atoms with Gasteiger partial charge in [-0.05, 0) is 75.9 Å². The summed E-state index contributed by atoms with van der Waals surface area (Å²) < 4.78 is 28.0. The summed E-state index contributed by atoms with van der Waals surface area (Å²) in [6, 6.07) is 0.109. The van der Waals surface area contributed by atoms with E-state index >= 15 is 0 Å². The zero-order valence-electron chi connectivity index (χ0n) is 14.6. The number of rotatable bonds is 6. The van der Waals surface area contributed by atoms with Gasteiger partial charge in [0.15, 0.2) is 0 Å². The molecule has 6 heteroatoms. The molecule has 0 bridgehead atoms. The fourth-order valence-corrected chi connectivity index (χ4v) is 4.32. The minimum Gasteiger partial charge on any atom is -0.313 e. The number of benzene rings is 1. The first-order chi connectivity index (χ1) is 9.63. The van der Waals surface area contributed by atoms with Gasteiger partial charge in [-0.25, -0.2) is 13.1 Å². The predicted molar refractivity (Wildman–Crippen MR) is 95.7 cm³/mol. The van der Waals surface area contributed by atoms with Crippen LogP contribution in [0.2, 0.25) is 0 Å². The maximum absolute atomic E-state index is 12.7. The van der Waals surface area contributed by atoms with Crippen molar-refractivity contribution < 1.29 is 8.42 Å². The average molecular weight is 349 g/mol. The lowest BCUT2D eigenvalue weighted by Crippen LogP contribution is -2.39. The number of nitrogens with one attached hydrogen (secondary N) is 2. The Labute approximate surface area is 141 Å². The first-order valence-corrected chi connectivity index (χ1v) is 8.91. The van der Waals surface area contributed by atoms with Crippen LogP contribution in [0.4, 0.5) is 0 Å². The van der Waals surface area contributed by atoms with Crippen LogP contribution in [0, 0.1) is 34.6 Å². The molecule has 4 nitrogen and oxygen atoms in total. The van der Waals surface area contributed by atoms with E-state index in [1.807, 2.05) is 48.5 Å². The van der Waals surface area contributed by atoms with Crippen molar-refractivity contribution in [1.82, 2.24) is 10.0 Å². The third-order valence-corrected chi connectivity index (χ3v) is 6.03. The molecule has 1 rings (SSSR count). The summed E-state index contributed by atoms with van der Waals surface area (Å²) in [4.78, 5) is 0.437. The van der Waals surface area contributed by atoms with Gasteiger partial charge in [0.2, 0.25) is 10.0 Å². The molecule has 0 saturated heterocycles. The molecule has 0 unspecified atom stereocenters. The van der Waals surface area contributed by atoms with Crippen LogP contribution in [0.5, 0.6) is 0 Å². The van der Waals surface area contributed by atoms with E-state index in [4.69, 9.17) is 0 Å². The molecule has 128 valence electrons. The number of halogens is 1. The van der Waals surface area contributed by atoms with Crippen molar-refractivity contribution in [2.75, 3.05) is 13.1 Å². The lowest BCUT2D eigenvalue weighted by Gasteiger charge is -2.20. The second kappa shape index (κ2) is 8.29. The third kappa shape index (κ3) is 4.44. The number of hydrogen-bond acceptors (Lipinski definition) is 3. The molecule has 0 aliphatic rings. The van der Waals surface area contributed by atoms with Crippen molar-refractivity contribution in [3.8, 4) is 0 Å². The van der Waals surface area contributed by atoms with Crippen LogP contribution in [0.15, 0.2) is 4.90 Å². The number of hydrogen-bond donors (Lipinski definition) is 2. The van der Waals surface area contributed by atoms with Crippen LogP contribution in [0.1, 0.15) is 41.7 Å². The van der Waals surface area contributed by atoms with Crippen molar-refractivity contribution in [3.63, 3.8) is 0 Å². The van der Waals surface area contributed by atoms with E-state index in [2.05, 4.69) is 10.0 Å². The van der Waals surface area contributed by atoms with E-state index in [-0.39, 0.29) is 18.4 Å². The molecule has 0 fully saturated rings. The molecule has 0 aliphatic carbocycles. The fourth-order valence-electron chi connectivity index (χ4n) is 2.60. The molecular weight excluding hydrogens is 320 g/mol. The Morgan fingerprint density at radius 2 is 1.32 bits per heavy atom. The molecule has 0 amide bonds. The standard InChI is InChI=1S/C16H28N2O2S.ClH/c1-8-17-10(2)9-18-21(19,20)16-14(6)12(4)11(3)13(5)15(16)7;/h10,17-18H,8-9H2,1-7H3;1H/t10-;/m1./s1. The molecule has 0 radical (unpaired) electrons. The first kappa shape index (κ1) is 21.4. The smallest absolute Gasteiger partial charge is 0.241 e. The van der Waals surface area contributed by atoms with Gasteiger partial charge < -0.3 is 5.32 Å². The van der Waals surface area contributed by atoms with Gasteiger partial charge in [-0.15, -0.1) is 12.4 Å². The highest BCUT2D eigenvalue weighted by Crippen LogP contribution is 2.29. The normalized spacial score (nSPS) is 12.9. The minimum atomic E-state index is -3.49. The lowest BCUT2D eigenvalue weighted by atomic mass is 9.95. The van der Waals surface area contributed by atoms with Crippen LogP contribution in [-0.2, 0) is 10.0 Å². The molecule has 0 heterocycles. The Kier molecular flexibility index (Phi) is 8.06. The van der Waals surface area contributed by atoms with Gasteiger partial charge in [-0.1, -0.05) is 6.92 Å². The average Bonchev–Trinajstić information content (AvgIpc) is 2.41. The van der Waals surface area contributed by atoms with E-state index in [0.717, 1.165) is 28.8 Å². The first-order valence-electron chi connectivity index (χ1n) is 7.43. The van der Waals surface area contributed by atoms with Gasteiger partial charge in [-0.3, -0.25) is 0 Å². The molecule has 1 aromatic carbocycles. The van der Waals surface area contributed by atoms with E-state index < -0.39 is 10.0 Å². The quantitative estimate of drug-likeness (QED) is 0.831. The molecule has 0 saturated carbocycles. The summed E-state index contributed by atoms with van der Waals surface area (Å²) in [6.07, 6.45) is 0. The molecule has 1 atom stereocenters. The monoisotopic (exact) mass is 348 g/mol. The summed E-state index contributed by atoms with van der Waals surface area (Å²) in [5.74, 6) is 0. The van der Waals surface area contributed by atoms with Gasteiger partial charge in [0.1, 0.15) is 0 Å². The zero-order chi connectivity index (χ0) is 16.4. The van der Waals surface area contributed by atoms with Crippen LogP contribution in [0.25, 0.3) is 0 Å². The molecule has 1 aromatic rings. The Morgan fingerprint density at radius 3 is 1.73 bits per heavy atom. The Hall–Kier alpha value is -0.620. The molecule has 22 heavy (non-hydrogen) atoms. The molecule has 0 spiro atoms. The largest absolute Gasteiger partial charge is 0.313 e. The summed E-state index contributed by atoms with van der Waals surface area (Å²) in [5, 5.41) is 3.20. The topological polar surface area (TPSA) is 58.2 Å². The lowest BCUT2D eigenvalue weighted by molar-refractivity contribution is 0.535. The number of sulfonamides is 1. The molecule has 2 N–H and O–H groups in total. The summed E-state index contributed by atoms with van der Waals surface area (Å²) >= 11 is 0. The molecule has 0 aliphatic heterocycles. The maximum Gasteiger partial charge on any atom is 0.241 e. The Morgan fingerprint density at radius 1 is 0.909 bits per heavy atom. The van der Waals surface area contributed by atoms with Gasteiger partial charge in [0, 0.05) is 12.6 Å². The second-order valence-electron chi connectivity index (χ2n) is 5.76. The molecule has 0 aromatic heterocycles. The van der Waals surface area contributed by atoms with Crippen molar-refractivity contribution in [1.29, 1.82) is 0 Å². The van der Waals surface area contributed by atoms with Crippen LogP contribution in [-0.4, -0.2) is 27.5 Å². The highest BCUT2D eigenvalue weighted by Gasteiger charge is 2.23. The van der Waals surface area contributed by atoms with Crippen LogP contribution in [0.3, 0.4) is 0 Å². The fraction of sp³-hybridized carbons (Fsp3) is 0.625. The Balaban J connectivity index is 0.00000441. The van der Waals surface area contributed by atoms with Crippen molar-refractivity contribution in [2.45, 2.75) is 59.4 Å². The molecular formula is C16H29ClN2O2S. The van der Waals surface area contributed by atoms with E-state index in [1.165, 1.54) is 5.56 Å². The van der Waals surface area contributed by atoms with Gasteiger partial charge in [-0.2, -0.15) is 0 Å². The van der Waals surface area contributed by atoms with E-state index in [1.54, 1.807) is 0 Å². The van der Waals surface area contributed by atoms with E-state index in [9.17, 15) is 8.42 Å². The van der Waals surface area contributed by atoms with Crippen molar-refractivity contribution in [3.05, 3.63) is 27.8 Å². The van der Waals surface area contributed by atoms with Gasteiger partial charge in [0.25, 0.3) is 0 Å². The van der Waals surface area contributed by atoms with Crippen LogP contribution < -0.4 is 10.0 Å². The highest BCUT2D eigenvalue weighted by atomic mass is 35.5. The predicted octanol–water partition coefficient (Wildman–Crippen LogP) is 2.93. The zero-order valence-corrected chi connectivity index (χ0v) is 16.3.